The molecule has 0 amide bonds. The average molecular weight is 264 g/mol. The lowest BCUT2D eigenvalue weighted by atomic mass is 10.2. The zero-order valence-electron chi connectivity index (χ0n) is 11.8. The summed E-state index contributed by atoms with van der Waals surface area (Å²) >= 11 is 0. The molecule has 0 spiro atoms. The zero-order valence-corrected chi connectivity index (χ0v) is 11.8. The normalized spacial score (nSPS) is 16.4. The molecule has 0 saturated carbocycles. The van der Waals surface area contributed by atoms with Crippen molar-refractivity contribution < 1.29 is 14.4 Å². The number of hydrogen-bond donors (Lipinski definition) is 1. The third-order valence-electron chi connectivity index (χ3n) is 3.64. The Labute approximate surface area is 116 Å². The molecule has 3 heteroatoms. The second kappa shape index (κ2) is 8.94. The van der Waals surface area contributed by atoms with Gasteiger partial charge in [0.05, 0.1) is 26.4 Å². The molecule has 0 bridgehead atoms. The molecule has 106 valence electrons. The van der Waals surface area contributed by atoms with Gasteiger partial charge < -0.3 is 14.4 Å². The summed E-state index contributed by atoms with van der Waals surface area (Å²) in [5.74, 6) is 0.986. The van der Waals surface area contributed by atoms with Gasteiger partial charge in [0, 0.05) is 0 Å². The monoisotopic (exact) mass is 264 g/mol. The smallest absolute Gasteiger partial charge is 0.119 e. The molecule has 0 atom stereocenters. The Balaban J connectivity index is 1.42. The maximum absolute atomic E-state index is 5.68. The number of hydrogen-bond acceptors (Lipinski definition) is 2. The van der Waals surface area contributed by atoms with Crippen LogP contribution in [0.15, 0.2) is 30.3 Å². The predicted molar refractivity (Wildman–Crippen MR) is 76.8 cm³/mol. The third-order valence-corrected chi connectivity index (χ3v) is 3.64. The summed E-state index contributed by atoms with van der Waals surface area (Å²) in [4.78, 5) is 1.71. The van der Waals surface area contributed by atoms with E-state index in [9.17, 15) is 0 Å². The highest BCUT2D eigenvalue weighted by Crippen LogP contribution is 2.09. The second-order valence-electron chi connectivity index (χ2n) is 5.19. The van der Waals surface area contributed by atoms with Crippen LogP contribution in [0.25, 0.3) is 0 Å². The molecule has 0 aromatic heterocycles. The van der Waals surface area contributed by atoms with Crippen molar-refractivity contribution in [1.29, 1.82) is 0 Å². The van der Waals surface area contributed by atoms with Crippen LogP contribution >= 0.6 is 0 Å². The van der Waals surface area contributed by atoms with Crippen molar-refractivity contribution in [3.63, 3.8) is 0 Å². The standard InChI is InChI=1S/C16H25NO2/c1(6-10-17-11-14-18-15-12-17)2-7-13-19-16-8-4-3-5-9-16/h3-5,8-9H,1-2,6-7,10-15H2/p+1. The molecular weight excluding hydrogens is 238 g/mol. The van der Waals surface area contributed by atoms with Crippen molar-refractivity contribution >= 4 is 0 Å². The van der Waals surface area contributed by atoms with E-state index in [0.717, 1.165) is 32.0 Å². The second-order valence-corrected chi connectivity index (χ2v) is 5.19. The van der Waals surface area contributed by atoms with Crippen LogP contribution in [0.3, 0.4) is 0 Å². The van der Waals surface area contributed by atoms with Gasteiger partial charge in [0.15, 0.2) is 0 Å². The molecule has 0 unspecified atom stereocenters. The van der Waals surface area contributed by atoms with Crippen molar-refractivity contribution in [2.24, 2.45) is 0 Å². The number of nitrogens with one attached hydrogen (secondary N) is 1. The first-order chi connectivity index (χ1) is 9.45. The number of rotatable bonds is 8. The Morgan fingerprint density at radius 2 is 1.68 bits per heavy atom. The van der Waals surface area contributed by atoms with E-state index >= 15 is 0 Å². The summed E-state index contributed by atoms with van der Waals surface area (Å²) in [5.41, 5.74) is 0. The molecule has 1 fully saturated rings. The first-order valence-electron chi connectivity index (χ1n) is 7.54. The highest BCUT2D eigenvalue weighted by molar-refractivity contribution is 5.20. The van der Waals surface area contributed by atoms with Gasteiger partial charge in [-0.25, -0.2) is 0 Å². The number of ether oxygens (including phenoxy) is 2. The lowest BCUT2D eigenvalue weighted by Gasteiger charge is -2.23. The van der Waals surface area contributed by atoms with Gasteiger partial charge in [-0.05, 0) is 37.8 Å². The Bertz CT molecular complexity index is 323. The van der Waals surface area contributed by atoms with Crippen LogP contribution in [0.2, 0.25) is 0 Å². The van der Waals surface area contributed by atoms with Gasteiger partial charge in [-0.3, -0.25) is 0 Å². The minimum absolute atomic E-state index is 0.842. The molecule has 1 saturated heterocycles. The quantitative estimate of drug-likeness (QED) is 0.720. The van der Waals surface area contributed by atoms with Crippen molar-refractivity contribution in [2.45, 2.75) is 25.7 Å². The molecule has 3 nitrogen and oxygen atoms in total. The SMILES string of the molecule is c1ccc(OCCCCCC[NH+]2CCOCC2)cc1. The molecular formula is C16H26NO2+. The molecule has 1 heterocycles. The number of para-hydroxylation sites is 1. The number of benzene rings is 1. The highest BCUT2D eigenvalue weighted by atomic mass is 16.5. The van der Waals surface area contributed by atoms with E-state index in [1.165, 1.54) is 38.9 Å². The molecule has 1 aromatic carbocycles. The minimum Gasteiger partial charge on any atom is -0.494 e. The molecule has 1 aliphatic heterocycles. The number of quaternary nitrogens is 1. The molecule has 0 aliphatic carbocycles. The van der Waals surface area contributed by atoms with Crippen LogP contribution in [-0.4, -0.2) is 39.5 Å². The fourth-order valence-corrected chi connectivity index (χ4v) is 2.45. The highest BCUT2D eigenvalue weighted by Gasteiger charge is 2.12. The molecule has 1 N–H and O–H groups in total. The number of morpholine rings is 1. The van der Waals surface area contributed by atoms with Crippen molar-refractivity contribution in [3.8, 4) is 5.75 Å². The predicted octanol–water partition coefficient (Wildman–Crippen LogP) is 1.54. The summed E-state index contributed by atoms with van der Waals surface area (Å²) in [5, 5.41) is 0. The maximum Gasteiger partial charge on any atom is 0.119 e. The Morgan fingerprint density at radius 3 is 2.47 bits per heavy atom. The average Bonchev–Trinajstić information content (AvgIpc) is 2.48. The first kappa shape index (κ1) is 14.4. The van der Waals surface area contributed by atoms with Gasteiger partial charge >= 0.3 is 0 Å². The van der Waals surface area contributed by atoms with E-state index in [0.29, 0.717) is 0 Å². The summed E-state index contributed by atoms with van der Waals surface area (Å²) < 4.78 is 11.0. The van der Waals surface area contributed by atoms with Crippen LogP contribution in [0, 0.1) is 0 Å². The van der Waals surface area contributed by atoms with E-state index in [4.69, 9.17) is 9.47 Å². The largest absolute Gasteiger partial charge is 0.494 e. The fraction of sp³-hybridized carbons (Fsp3) is 0.625. The van der Waals surface area contributed by atoms with Gasteiger partial charge in [0.25, 0.3) is 0 Å². The molecule has 1 aliphatic rings. The van der Waals surface area contributed by atoms with E-state index < -0.39 is 0 Å². The van der Waals surface area contributed by atoms with E-state index in [2.05, 4.69) is 0 Å². The van der Waals surface area contributed by atoms with E-state index in [-0.39, 0.29) is 0 Å². The van der Waals surface area contributed by atoms with Crippen molar-refractivity contribution in [3.05, 3.63) is 30.3 Å². The summed E-state index contributed by atoms with van der Waals surface area (Å²) in [6.45, 7) is 6.42. The van der Waals surface area contributed by atoms with Crippen molar-refractivity contribution in [1.82, 2.24) is 0 Å². The minimum atomic E-state index is 0.842. The van der Waals surface area contributed by atoms with Gasteiger partial charge in [-0.2, -0.15) is 0 Å². The fourth-order valence-electron chi connectivity index (χ4n) is 2.45. The molecule has 0 radical (unpaired) electrons. The van der Waals surface area contributed by atoms with Gasteiger partial charge in [0.1, 0.15) is 18.8 Å². The summed E-state index contributed by atoms with van der Waals surface area (Å²) in [7, 11) is 0. The molecule has 2 rings (SSSR count). The maximum atomic E-state index is 5.68. The van der Waals surface area contributed by atoms with Crippen LogP contribution in [-0.2, 0) is 4.74 Å². The molecule has 1 aromatic rings. The van der Waals surface area contributed by atoms with Crippen LogP contribution < -0.4 is 9.64 Å². The van der Waals surface area contributed by atoms with E-state index in [1.54, 1.807) is 4.90 Å². The summed E-state index contributed by atoms with van der Waals surface area (Å²) in [6, 6.07) is 10.1. The van der Waals surface area contributed by atoms with Crippen LogP contribution in [0.4, 0.5) is 0 Å². The lowest BCUT2D eigenvalue weighted by Crippen LogP contribution is -3.14. The van der Waals surface area contributed by atoms with Gasteiger partial charge in [-0.1, -0.05) is 18.2 Å². The first-order valence-corrected chi connectivity index (χ1v) is 7.54. The Morgan fingerprint density at radius 1 is 0.947 bits per heavy atom. The molecule has 19 heavy (non-hydrogen) atoms. The van der Waals surface area contributed by atoms with E-state index in [1.807, 2.05) is 30.3 Å². The zero-order chi connectivity index (χ0) is 13.2. The number of unbranched alkanes of at least 4 members (excludes halogenated alkanes) is 3. The van der Waals surface area contributed by atoms with Crippen LogP contribution in [0.1, 0.15) is 25.7 Å². The van der Waals surface area contributed by atoms with Crippen molar-refractivity contribution in [2.75, 3.05) is 39.5 Å². The lowest BCUT2D eigenvalue weighted by molar-refractivity contribution is -0.908. The van der Waals surface area contributed by atoms with Crippen LogP contribution in [0.5, 0.6) is 5.75 Å². The van der Waals surface area contributed by atoms with Gasteiger partial charge in [0.2, 0.25) is 0 Å². The Kier molecular flexibility index (Phi) is 6.75. The Hall–Kier alpha value is -1.06. The third kappa shape index (κ3) is 6.08. The van der Waals surface area contributed by atoms with Gasteiger partial charge in [-0.15, -0.1) is 0 Å². The topological polar surface area (TPSA) is 22.9 Å². The summed E-state index contributed by atoms with van der Waals surface area (Å²) in [6.07, 6.45) is 5.09.